The highest BCUT2D eigenvalue weighted by Gasteiger charge is 2.81. The van der Waals surface area contributed by atoms with Crippen molar-refractivity contribution in [1.29, 1.82) is 0 Å². The van der Waals surface area contributed by atoms with E-state index in [0.29, 0.717) is 13.8 Å². The summed E-state index contributed by atoms with van der Waals surface area (Å²) in [7, 11) is 0. The van der Waals surface area contributed by atoms with Gasteiger partial charge in [-0.3, -0.25) is 0 Å². The van der Waals surface area contributed by atoms with E-state index in [9.17, 15) is 91.3 Å². The summed E-state index contributed by atoms with van der Waals surface area (Å²) in [5.74, 6) is -20.2. The minimum absolute atomic E-state index is 0.422. The number of ether oxygens (including phenoxy) is 7. The summed E-state index contributed by atoms with van der Waals surface area (Å²) in [5.41, 5.74) is -4.45. The van der Waals surface area contributed by atoms with Gasteiger partial charge in [0.05, 0.1) is 32.0 Å². The van der Waals surface area contributed by atoms with Gasteiger partial charge >= 0.3 is 17.9 Å². The molecule has 0 saturated carbocycles. The van der Waals surface area contributed by atoms with Gasteiger partial charge in [0.1, 0.15) is 98.7 Å². The van der Waals surface area contributed by atoms with Gasteiger partial charge in [-0.15, -0.1) is 0 Å². The molecule has 4 aliphatic heterocycles. The van der Waals surface area contributed by atoms with Gasteiger partial charge in [0, 0.05) is 6.92 Å². The highest BCUT2D eigenvalue weighted by Crippen LogP contribution is 2.57. The van der Waals surface area contributed by atoms with Crippen LogP contribution in [0.3, 0.4) is 0 Å². The van der Waals surface area contributed by atoms with Crippen LogP contribution < -0.4 is 0 Å². The molecule has 28 heteroatoms. The van der Waals surface area contributed by atoms with Crippen molar-refractivity contribution in [3.8, 4) is 0 Å². The molecule has 4 fully saturated rings. The Morgan fingerprint density at radius 3 is 1.48 bits per heavy atom. The van der Waals surface area contributed by atoms with Crippen molar-refractivity contribution in [2.45, 2.75) is 129 Å². The third-order valence-electron chi connectivity index (χ3n) is 11.9. The van der Waals surface area contributed by atoms with Crippen LogP contribution in [-0.4, -0.2) is 254 Å². The van der Waals surface area contributed by atoms with Crippen LogP contribution in [0.5, 0.6) is 0 Å². The molecule has 370 valence electrons. The minimum atomic E-state index is -4.07. The molecular weight excluding hydrogens is 892 g/mol. The lowest BCUT2D eigenvalue weighted by atomic mass is 9.65. The maximum Gasteiger partial charge on any atom is 0.370 e. The van der Waals surface area contributed by atoms with Gasteiger partial charge in [0.2, 0.25) is 23.1 Å². The standard InChI is InChI=1S/C37H54O28/c1-14(44)62-63-32(56)33(2,37(29(54)25(50)21(46)17(9-39)61-37)65-35(13-43)27(52)23(48)19(11-41)59-35)31(57-30(55)15-6-4-3-5-7-15)36(28(53)24(49)20(45)16(8-38)60-36)64-34(12-42)26(51)22(47)18(10-40)58-34/h3-7,16-29,31,38-43,45-54H,8-13H2,1-2H3/t16-,17-,18-,19-,20-,21-,22-,23-,24+,25+,26+,27+,28-,29-,31?,33?,34?,35?,36-,37-/m1/s1. The van der Waals surface area contributed by atoms with Crippen LogP contribution in [0, 0.1) is 5.41 Å². The predicted octanol–water partition coefficient (Wildman–Crippen LogP) is -9.78. The average Bonchev–Trinajstić information content (AvgIpc) is 3.70. The topological polar surface area (TPSA) is 458 Å². The summed E-state index contributed by atoms with van der Waals surface area (Å²) in [5, 5.41) is 177. The molecule has 4 saturated heterocycles. The second-order valence-electron chi connectivity index (χ2n) is 15.9. The van der Waals surface area contributed by atoms with Crippen LogP contribution in [0.2, 0.25) is 0 Å². The Morgan fingerprint density at radius 2 is 1.03 bits per heavy atom. The first-order chi connectivity index (χ1) is 30.5. The molecule has 65 heavy (non-hydrogen) atoms. The molecule has 28 nitrogen and oxygen atoms in total. The molecule has 4 heterocycles. The van der Waals surface area contributed by atoms with Crippen molar-refractivity contribution in [2.24, 2.45) is 5.41 Å². The normalized spacial score (nSPS) is 43.4. The largest absolute Gasteiger partial charge is 0.451 e. The molecule has 0 amide bonds. The molecule has 0 spiro atoms. The zero-order chi connectivity index (χ0) is 48.6. The van der Waals surface area contributed by atoms with E-state index in [4.69, 9.17) is 38.0 Å². The number of hydrogen-bond acceptors (Lipinski definition) is 28. The summed E-state index contributed by atoms with van der Waals surface area (Å²) >= 11 is 0. The third kappa shape index (κ3) is 8.76. The second kappa shape index (κ2) is 20.1. The van der Waals surface area contributed by atoms with Crippen molar-refractivity contribution < 1.29 is 139 Å². The van der Waals surface area contributed by atoms with Crippen molar-refractivity contribution in [2.75, 3.05) is 39.6 Å². The average molecular weight is 947 g/mol. The Labute approximate surface area is 366 Å². The van der Waals surface area contributed by atoms with Crippen molar-refractivity contribution >= 4 is 17.9 Å². The Balaban J connectivity index is 2.00. The Kier molecular flexibility index (Phi) is 16.3. The van der Waals surface area contributed by atoms with Gasteiger partial charge in [0.25, 0.3) is 0 Å². The molecule has 0 radical (unpaired) electrons. The quantitative estimate of drug-likeness (QED) is 0.0416. The number of benzene rings is 1. The fraction of sp³-hybridized carbons (Fsp3) is 0.757. The first-order valence-corrected chi connectivity index (χ1v) is 19.7. The monoisotopic (exact) mass is 946 g/mol. The van der Waals surface area contributed by atoms with Gasteiger partial charge in [0.15, 0.2) is 11.5 Å². The van der Waals surface area contributed by atoms with Gasteiger partial charge in [-0.05, 0) is 19.1 Å². The molecule has 4 aliphatic rings. The van der Waals surface area contributed by atoms with E-state index >= 15 is 4.79 Å². The number of esters is 1. The Hall–Kier alpha value is -3.25. The molecule has 5 rings (SSSR count). The van der Waals surface area contributed by atoms with E-state index in [1.54, 1.807) is 0 Å². The van der Waals surface area contributed by atoms with E-state index in [1.165, 1.54) is 18.2 Å². The van der Waals surface area contributed by atoms with Crippen LogP contribution in [-0.2, 0) is 52.5 Å². The second-order valence-corrected chi connectivity index (χ2v) is 15.9. The third-order valence-corrected chi connectivity index (χ3v) is 11.9. The molecule has 0 bridgehead atoms. The van der Waals surface area contributed by atoms with Gasteiger partial charge < -0.3 is 115 Å². The molecule has 16 N–H and O–H groups in total. The number of carbonyl (C=O) groups excluding carboxylic acids is 3. The summed E-state index contributed by atoms with van der Waals surface area (Å²) in [6, 6.07) is 6.05. The maximum atomic E-state index is 15.2. The van der Waals surface area contributed by atoms with Crippen LogP contribution in [0.4, 0.5) is 0 Å². The van der Waals surface area contributed by atoms with Crippen LogP contribution >= 0.6 is 0 Å². The number of rotatable bonds is 16. The lowest BCUT2D eigenvalue weighted by Gasteiger charge is -2.61. The van der Waals surface area contributed by atoms with E-state index < -0.39 is 183 Å². The Morgan fingerprint density at radius 1 is 0.585 bits per heavy atom. The smallest absolute Gasteiger partial charge is 0.370 e. The zero-order valence-corrected chi connectivity index (χ0v) is 34.3. The molecule has 4 unspecified atom stereocenters. The maximum absolute atomic E-state index is 15.2. The number of carbonyl (C=O) groups is 3. The van der Waals surface area contributed by atoms with E-state index in [0.717, 1.165) is 12.1 Å². The SMILES string of the molecule is CC(=O)OOC(=O)C(C)(C(OC(=O)c1ccccc1)[C@@]1(OC2(CO)O[C@H](CO)[C@@H](O)[C@@H]2O)O[C@H](CO)[C@@H](O)[C@H](O)[C@H]1O)[C@@]1(OC2(CO)O[C@H](CO)[C@@H](O)[C@@H]2O)O[C@H](CO)[C@@H](O)[C@H](O)[C@H]1O. The van der Waals surface area contributed by atoms with Crippen LogP contribution in [0.25, 0.3) is 0 Å². The predicted molar refractivity (Wildman–Crippen MR) is 197 cm³/mol. The first kappa shape index (κ1) is 52.7. The molecule has 1 aromatic carbocycles. The van der Waals surface area contributed by atoms with Gasteiger partial charge in [-0.2, -0.15) is 0 Å². The fourth-order valence-corrected chi connectivity index (χ4v) is 8.28. The number of hydrogen-bond donors (Lipinski definition) is 16. The van der Waals surface area contributed by atoms with Gasteiger partial charge in [-0.25, -0.2) is 24.2 Å². The van der Waals surface area contributed by atoms with Gasteiger partial charge in [-0.1, -0.05) is 18.2 Å². The number of aliphatic hydroxyl groups excluding tert-OH is 16. The fourth-order valence-electron chi connectivity index (χ4n) is 8.28. The van der Waals surface area contributed by atoms with Crippen molar-refractivity contribution in [3.63, 3.8) is 0 Å². The number of aliphatic hydroxyl groups is 16. The highest BCUT2D eigenvalue weighted by atomic mass is 17.2. The van der Waals surface area contributed by atoms with E-state index in [-0.39, 0.29) is 0 Å². The lowest BCUT2D eigenvalue weighted by molar-refractivity contribution is -0.494. The van der Waals surface area contributed by atoms with Crippen LogP contribution in [0.1, 0.15) is 24.2 Å². The Bertz CT molecular complexity index is 1790. The first-order valence-electron chi connectivity index (χ1n) is 19.7. The molecule has 0 aliphatic carbocycles. The summed E-state index contributed by atoms with van der Waals surface area (Å²) in [6.45, 7) is -7.52. The van der Waals surface area contributed by atoms with Crippen molar-refractivity contribution in [3.05, 3.63) is 35.9 Å². The van der Waals surface area contributed by atoms with Crippen LogP contribution in [0.15, 0.2) is 30.3 Å². The van der Waals surface area contributed by atoms with E-state index in [1.807, 2.05) is 0 Å². The summed E-state index contributed by atoms with van der Waals surface area (Å²) in [6.07, 6.45) is -38.4. The molecule has 20 atom stereocenters. The minimum Gasteiger partial charge on any atom is -0.451 e. The molecular formula is C37H54O28. The highest BCUT2D eigenvalue weighted by molar-refractivity contribution is 5.90. The summed E-state index contributed by atoms with van der Waals surface area (Å²) < 4.78 is 40.8. The lowest BCUT2D eigenvalue weighted by Crippen LogP contribution is -2.83. The van der Waals surface area contributed by atoms with Crippen molar-refractivity contribution in [1.82, 2.24) is 0 Å². The van der Waals surface area contributed by atoms with E-state index in [2.05, 4.69) is 4.89 Å². The molecule has 0 aromatic heterocycles. The summed E-state index contributed by atoms with van der Waals surface area (Å²) in [4.78, 5) is 51.2. The molecule has 1 aromatic rings. The zero-order valence-electron chi connectivity index (χ0n) is 34.3.